The third-order valence-corrected chi connectivity index (χ3v) is 6.38. The largest absolute Gasteiger partial charge is 0.463 e. The van der Waals surface area contributed by atoms with Gasteiger partial charge in [-0.1, -0.05) is 71.1 Å². The van der Waals surface area contributed by atoms with Crippen LogP contribution >= 0.6 is 0 Å². The second-order valence-electron chi connectivity index (χ2n) is 9.19. The van der Waals surface area contributed by atoms with Crippen molar-refractivity contribution in [1.82, 2.24) is 10.2 Å². The van der Waals surface area contributed by atoms with Crippen LogP contribution in [0.1, 0.15) is 117 Å². The number of hydrogen-bond donors (Lipinski definition) is 1. The van der Waals surface area contributed by atoms with E-state index in [9.17, 15) is 4.79 Å². The summed E-state index contributed by atoms with van der Waals surface area (Å²) in [6.45, 7) is 7.28. The highest BCUT2D eigenvalue weighted by atomic mass is 16.5. The Morgan fingerprint density at radius 3 is 2.21 bits per heavy atom. The Morgan fingerprint density at radius 1 is 1.00 bits per heavy atom. The van der Waals surface area contributed by atoms with Gasteiger partial charge in [0.15, 0.2) is 0 Å². The molecule has 1 N–H and O–H groups in total. The second kappa shape index (κ2) is 18.2. The molecule has 1 heterocycles. The normalized spacial score (nSPS) is 18.2. The molecule has 0 aliphatic carbocycles. The van der Waals surface area contributed by atoms with Crippen molar-refractivity contribution in [2.45, 2.75) is 129 Å². The molecule has 0 aromatic carbocycles. The molecule has 4 nitrogen and oxygen atoms in total. The summed E-state index contributed by atoms with van der Waals surface area (Å²) < 4.78 is 5.55. The Balaban J connectivity index is 1.83. The van der Waals surface area contributed by atoms with Crippen LogP contribution < -0.4 is 5.32 Å². The Kier molecular flexibility index (Phi) is 16.6. The van der Waals surface area contributed by atoms with Gasteiger partial charge in [0, 0.05) is 12.6 Å². The topological polar surface area (TPSA) is 41.6 Å². The van der Waals surface area contributed by atoms with Gasteiger partial charge in [-0.25, -0.2) is 0 Å². The number of carbonyl (C=O) groups excluding carboxylic acids is 1. The molecule has 1 rings (SSSR count). The molecule has 2 unspecified atom stereocenters. The molecule has 172 valence electrons. The first-order valence-corrected chi connectivity index (χ1v) is 12.7. The zero-order valence-electron chi connectivity index (χ0n) is 19.9. The summed E-state index contributed by atoms with van der Waals surface area (Å²) >= 11 is 0. The number of unbranched alkanes of at least 4 members (excludes halogenated alkanes) is 10. The third kappa shape index (κ3) is 14.9. The lowest BCUT2D eigenvalue weighted by molar-refractivity contribution is -0.148. The van der Waals surface area contributed by atoms with E-state index in [4.69, 9.17) is 4.74 Å². The van der Waals surface area contributed by atoms with Crippen LogP contribution in [0.5, 0.6) is 0 Å². The standard InChI is InChI=1S/C25H50N2O2/c1-4-5-6-7-8-9-10-11-12-13-14-16-23(2)29-25(28)19-21-26-20-18-24-17-15-22-27(24)3/h23-24,26H,4-22H2,1-3H3. The van der Waals surface area contributed by atoms with Crippen molar-refractivity contribution < 1.29 is 9.53 Å². The van der Waals surface area contributed by atoms with Crippen molar-refractivity contribution in [2.24, 2.45) is 0 Å². The summed E-state index contributed by atoms with van der Waals surface area (Å²) in [7, 11) is 2.21. The smallest absolute Gasteiger partial charge is 0.307 e. The number of esters is 1. The van der Waals surface area contributed by atoms with E-state index in [0.717, 1.165) is 25.6 Å². The highest BCUT2D eigenvalue weighted by Crippen LogP contribution is 2.17. The van der Waals surface area contributed by atoms with E-state index < -0.39 is 0 Å². The summed E-state index contributed by atoms with van der Waals surface area (Å²) in [5, 5.41) is 3.40. The molecule has 0 spiro atoms. The molecule has 1 aliphatic heterocycles. The molecular formula is C25H50N2O2. The van der Waals surface area contributed by atoms with Gasteiger partial charge in [0.25, 0.3) is 0 Å². The van der Waals surface area contributed by atoms with E-state index in [1.54, 1.807) is 0 Å². The van der Waals surface area contributed by atoms with Gasteiger partial charge in [0.1, 0.15) is 0 Å². The van der Waals surface area contributed by atoms with E-state index in [1.165, 1.54) is 96.4 Å². The van der Waals surface area contributed by atoms with Crippen molar-refractivity contribution in [3.63, 3.8) is 0 Å². The van der Waals surface area contributed by atoms with E-state index in [-0.39, 0.29) is 12.1 Å². The van der Waals surface area contributed by atoms with Crippen molar-refractivity contribution in [1.29, 1.82) is 0 Å². The summed E-state index contributed by atoms with van der Waals surface area (Å²) in [5.74, 6) is -0.0499. The lowest BCUT2D eigenvalue weighted by Gasteiger charge is -2.19. The number of ether oxygens (including phenoxy) is 1. The molecule has 1 saturated heterocycles. The minimum Gasteiger partial charge on any atom is -0.463 e. The van der Waals surface area contributed by atoms with E-state index in [1.807, 2.05) is 6.92 Å². The maximum absolute atomic E-state index is 12.0. The summed E-state index contributed by atoms with van der Waals surface area (Å²) in [4.78, 5) is 14.4. The van der Waals surface area contributed by atoms with Crippen LogP contribution in [0.3, 0.4) is 0 Å². The Hall–Kier alpha value is -0.610. The predicted octanol–water partition coefficient (Wildman–Crippen LogP) is 6.08. The number of hydrogen-bond acceptors (Lipinski definition) is 4. The minimum absolute atomic E-state index is 0.0499. The average molecular weight is 411 g/mol. The predicted molar refractivity (Wildman–Crippen MR) is 124 cm³/mol. The highest BCUT2D eigenvalue weighted by molar-refractivity contribution is 5.69. The molecule has 0 saturated carbocycles. The molecule has 0 amide bonds. The van der Waals surface area contributed by atoms with Gasteiger partial charge >= 0.3 is 5.97 Å². The van der Waals surface area contributed by atoms with Gasteiger partial charge in [-0.2, -0.15) is 0 Å². The molecule has 2 atom stereocenters. The number of likely N-dealkylation sites (tertiary alicyclic amines) is 1. The first-order valence-electron chi connectivity index (χ1n) is 12.7. The van der Waals surface area contributed by atoms with Crippen molar-refractivity contribution in [3.8, 4) is 0 Å². The molecule has 1 aliphatic rings. The first-order chi connectivity index (χ1) is 14.1. The fraction of sp³-hybridized carbons (Fsp3) is 0.960. The van der Waals surface area contributed by atoms with Gasteiger partial charge in [-0.3, -0.25) is 4.79 Å². The van der Waals surface area contributed by atoms with Gasteiger partial charge in [-0.05, 0) is 59.2 Å². The van der Waals surface area contributed by atoms with Crippen molar-refractivity contribution in [2.75, 3.05) is 26.7 Å². The van der Waals surface area contributed by atoms with E-state index in [2.05, 4.69) is 24.2 Å². The maximum atomic E-state index is 12.0. The van der Waals surface area contributed by atoms with Gasteiger partial charge < -0.3 is 15.0 Å². The molecule has 4 heteroatoms. The molecule has 1 fully saturated rings. The lowest BCUT2D eigenvalue weighted by Crippen LogP contribution is -2.30. The minimum atomic E-state index is -0.0499. The summed E-state index contributed by atoms with van der Waals surface area (Å²) in [6, 6.07) is 0.722. The van der Waals surface area contributed by atoms with Crippen LogP contribution in [-0.4, -0.2) is 49.7 Å². The molecule has 0 bridgehead atoms. The summed E-state index contributed by atoms with van der Waals surface area (Å²) in [5.41, 5.74) is 0. The van der Waals surface area contributed by atoms with Gasteiger partial charge in [0.2, 0.25) is 0 Å². The lowest BCUT2D eigenvalue weighted by atomic mass is 10.0. The van der Waals surface area contributed by atoms with E-state index >= 15 is 0 Å². The SMILES string of the molecule is CCCCCCCCCCCCCC(C)OC(=O)CCNCCC1CCCN1C. The van der Waals surface area contributed by atoms with Gasteiger partial charge in [0.05, 0.1) is 12.5 Å². The maximum Gasteiger partial charge on any atom is 0.307 e. The quantitative estimate of drug-likeness (QED) is 0.207. The van der Waals surface area contributed by atoms with Crippen LogP contribution in [0.4, 0.5) is 0 Å². The van der Waals surface area contributed by atoms with Crippen LogP contribution in [-0.2, 0) is 9.53 Å². The third-order valence-electron chi connectivity index (χ3n) is 6.38. The van der Waals surface area contributed by atoms with E-state index in [0.29, 0.717) is 6.42 Å². The van der Waals surface area contributed by atoms with Crippen molar-refractivity contribution in [3.05, 3.63) is 0 Å². The first kappa shape index (κ1) is 26.4. The van der Waals surface area contributed by atoms with Crippen LogP contribution in [0.25, 0.3) is 0 Å². The molecule has 29 heavy (non-hydrogen) atoms. The van der Waals surface area contributed by atoms with Crippen LogP contribution in [0, 0.1) is 0 Å². The van der Waals surface area contributed by atoms with Crippen LogP contribution in [0.2, 0.25) is 0 Å². The molecule has 0 aromatic rings. The Labute approximate surface area is 181 Å². The zero-order valence-corrected chi connectivity index (χ0v) is 19.9. The highest BCUT2D eigenvalue weighted by Gasteiger charge is 2.19. The number of rotatable bonds is 19. The Bertz CT molecular complexity index is 389. The molecule has 0 aromatic heterocycles. The zero-order chi connectivity index (χ0) is 21.2. The fourth-order valence-electron chi connectivity index (χ4n) is 4.37. The van der Waals surface area contributed by atoms with Gasteiger partial charge in [-0.15, -0.1) is 0 Å². The number of nitrogens with one attached hydrogen (secondary N) is 1. The second-order valence-corrected chi connectivity index (χ2v) is 9.19. The molecular weight excluding hydrogens is 360 g/mol. The fourth-order valence-corrected chi connectivity index (χ4v) is 4.37. The number of carbonyl (C=O) groups is 1. The Morgan fingerprint density at radius 2 is 1.62 bits per heavy atom. The molecule has 0 radical (unpaired) electrons. The number of nitrogens with zero attached hydrogens (tertiary/aromatic N) is 1. The van der Waals surface area contributed by atoms with Crippen LogP contribution in [0.15, 0.2) is 0 Å². The van der Waals surface area contributed by atoms with Crippen molar-refractivity contribution >= 4 is 5.97 Å². The summed E-state index contributed by atoms with van der Waals surface area (Å²) in [6.07, 6.45) is 20.3. The monoisotopic (exact) mass is 410 g/mol. The average Bonchev–Trinajstić information content (AvgIpc) is 3.10.